The molecule has 1 saturated carbocycles. The quantitative estimate of drug-likeness (QED) is 0.778. The first-order chi connectivity index (χ1) is 11.5. The number of urea groups is 1. The molecule has 24 heavy (non-hydrogen) atoms. The van der Waals surface area contributed by atoms with E-state index in [0.717, 1.165) is 55.8 Å². The Balaban J connectivity index is 1.74. The number of thioether (sulfide) groups is 1. The van der Waals surface area contributed by atoms with Crippen molar-refractivity contribution in [1.29, 1.82) is 0 Å². The van der Waals surface area contributed by atoms with Gasteiger partial charge in [-0.05, 0) is 38.5 Å². The van der Waals surface area contributed by atoms with Gasteiger partial charge in [-0.2, -0.15) is 0 Å². The predicted molar refractivity (Wildman–Crippen MR) is 91.9 cm³/mol. The van der Waals surface area contributed by atoms with E-state index in [1.165, 1.54) is 11.8 Å². The maximum absolute atomic E-state index is 11.9. The van der Waals surface area contributed by atoms with E-state index in [1.807, 2.05) is 0 Å². The minimum Gasteiger partial charge on any atom is -0.351 e. The fraction of sp³-hybridized carbons (Fsp3) is 0.733. The van der Waals surface area contributed by atoms with Gasteiger partial charge in [-0.15, -0.1) is 10.2 Å². The number of imide groups is 1. The lowest BCUT2D eigenvalue weighted by Crippen LogP contribution is -2.39. The van der Waals surface area contributed by atoms with Gasteiger partial charge < -0.3 is 10.6 Å². The molecule has 2 aliphatic rings. The lowest BCUT2D eigenvalue weighted by atomic mass is 10.00. The number of rotatable bonds is 5. The van der Waals surface area contributed by atoms with Crippen molar-refractivity contribution in [2.24, 2.45) is 11.7 Å². The van der Waals surface area contributed by atoms with Gasteiger partial charge in [0.2, 0.25) is 11.9 Å². The molecule has 1 aliphatic heterocycles. The zero-order valence-corrected chi connectivity index (χ0v) is 14.9. The van der Waals surface area contributed by atoms with Gasteiger partial charge in [0.05, 0.1) is 5.25 Å². The highest BCUT2D eigenvalue weighted by atomic mass is 32.2. The van der Waals surface area contributed by atoms with E-state index in [-0.39, 0.29) is 0 Å². The summed E-state index contributed by atoms with van der Waals surface area (Å²) in [7, 11) is 0. The van der Waals surface area contributed by atoms with E-state index >= 15 is 0 Å². The highest BCUT2D eigenvalue weighted by Gasteiger charge is 2.33. The summed E-state index contributed by atoms with van der Waals surface area (Å²) in [6, 6.07) is -0.414. The Labute approximate surface area is 145 Å². The van der Waals surface area contributed by atoms with Crippen molar-refractivity contribution >= 4 is 29.6 Å². The minimum absolute atomic E-state index is 0.411. The highest BCUT2D eigenvalue weighted by molar-refractivity contribution is 8.00. The van der Waals surface area contributed by atoms with Crippen LogP contribution in [-0.2, 0) is 4.79 Å². The number of carbonyl (C=O) groups is 2. The lowest BCUT2D eigenvalue weighted by Gasteiger charge is -2.31. The highest BCUT2D eigenvalue weighted by Crippen LogP contribution is 2.42. The Morgan fingerprint density at radius 3 is 2.50 bits per heavy atom. The third kappa shape index (κ3) is 3.82. The molecule has 3 amide bonds. The van der Waals surface area contributed by atoms with Crippen LogP contribution in [0.2, 0.25) is 0 Å². The molecule has 8 nitrogen and oxygen atoms in total. The Hall–Kier alpha value is -1.77. The normalized spacial score (nSPS) is 20.0. The summed E-state index contributed by atoms with van der Waals surface area (Å²) in [6.45, 7) is 6.00. The number of nitrogens with two attached hydrogens (primary N) is 1. The number of anilines is 1. The van der Waals surface area contributed by atoms with E-state index in [4.69, 9.17) is 5.73 Å². The molecule has 132 valence electrons. The number of primary amides is 1. The Bertz CT molecular complexity index is 621. The summed E-state index contributed by atoms with van der Waals surface area (Å²) in [5, 5.41) is 11.1. The second-order valence-electron chi connectivity index (χ2n) is 6.67. The maximum atomic E-state index is 11.9. The van der Waals surface area contributed by atoms with Crippen LogP contribution in [0.3, 0.4) is 0 Å². The van der Waals surface area contributed by atoms with E-state index in [2.05, 4.69) is 31.9 Å². The van der Waals surface area contributed by atoms with E-state index < -0.39 is 17.2 Å². The number of aromatic nitrogens is 3. The number of nitrogens with zero attached hydrogens (tertiary/aromatic N) is 4. The molecule has 1 aromatic rings. The Morgan fingerprint density at radius 2 is 1.92 bits per heavy atom. The number of amides is 3. The average Bonchev–Trinajstić information content (AvgIpc) is 3.28. The smallest absolute Gasteiger partial charge is 0.318 e. The molecule has 9 heteroatoms. The monoisotopic (exact) mass is 352 g/mol. The van der Waals surface area contributed by atoms with Crippen LogP contribution in [0.25, 0.3) is 0 Å². The van der Waals surface area contributed by atoms with Crippen LogP contribution in [0.15, 0.2) is 5.16 Å². The molecule has 1 aliphatic carbocycles. The Morgan fingerprint density at radius 1 is 1.25 bits per heavy atom. The molecule has 3 rings (SSSR count). The van der Waals surface area contributed by atoms with Crippen molar-refractivity contribution in [3.63, 3.8) is 0 Å². The largest absolute Gasteiger partial charge is 0.351 e. The zero-order chi connectivity index (χ0) is 17.3. The molecule has 0 aromatic carbocycles. The summed E-state index contributed by atoms with van der Waals surface area (Å²) >= 11 is 1.32. The van der Waals surface area contributed by atoms with Crippen LogP contribution < -0.4 is 16.0 Å². The van der Waals surface area contributed by atoms with E-state index in [0.29, 0.717) is 6.04 Å². The first-order valence-corrected chi connectivity index (χ1v) is 9.30. The van der Waals surface area contributed by atoms with Crippen LogP contribution in [0.5, 0.6) is 0 Å². The molecular weight excluding hydrogens is 328 g/mol. The third-order valence-electron chi connectivity index (χ3n) is 4.52. The minimum atomic E-state index is -0.834. The first-order valence-electron chi connectivity index (χ1n) is 8.42. The standard InChI is InChI=1S/C15H24N6O2S/c1-9-5-7-20(8-6-9)14-18-19-15(21(14)11-3-4-11)24-10(2)12(22)17-13(16)23/h9-11H,3-8H2,1-2H3,(H3,16,17,22,23)/t10-/m1/s1. The number of nitrogens with one attached hydrogen (secondary N) is 1. The Kier molecular flexibility index (Phi) is 4.98. The van der Waals surface area contributed by atoms with E-state index in [9.17, 15) is 9.59 Å². The molecule has 0 radical (unpaired) electrons. The number of hydrogen-bond donors (Lipinski definition) is 2. The van der Waals surface area contributed by atoms with Crippen LogP contribution >= 0.6 is 11.8 Å². The third-order valence-corrected chi connectivity index (χ3v) is 5.58. The van der Waals surface area contributed by atoms with Crippen LogP contribution in [0.1, 0.15) is 45.6 Å². The molecule has 0 bridgehead atoms. The first kappa shape index (κ1) is 17.1. The fourth-order valence-electron chi connectivity index (χ4n) is 2.86. The summed E-state index contributed by atoms with van der Waals surface area (Å²) < 4.78 is 2.16. The SMILES string of the molecule is CC1CCN(c2nnc(S[C@H](C)C(=O)NC(N)=O)n2C2CC2)CC1. The molecule has 3 N–H and O–H groups in total. The van der Waals surface area contributed by atoms with Crippen molar-refractivity contribution in [2.45, 2.75) is 56.0 Å². The summed E-state index contributed by atoms with van der Waals surface area (Å²) in [5.41, 5.74) is 5.01. The lowest BCUT2D eigenvalue weighted by molar-refractivity contribution is -0.119. The second kappa shape index (κ2) is 7.00. The van der Waals surface area contributed by atoms with Crippen molar-refractivity contribution in [3.8, 4) is 0 Å². The summed E-state index contributed by atoms with van der Waals surface area (Å²) in [4.78, 5) is 25.0. The molecule has 1 atom stereocenters. The van der Waals surface area contributed by atoms with Crippen molar-refractivity contribution in [3.05, 3.63) is 0 Å². The zero-order valence-electron chi connectivity index (χ0n) is 14.1. The van der Waals surface area contributed by atoms with Gasteiger partial charge in [0.25, 0.3) is 0 Å². The van der Waals surface area contributed by atoms with Gasteiger partial charge in [0.15, 0.2) is 5.16 Å². The van der Waals surface area contributed by atoms with Gasteiger partial charge in [0, 0.05) is 19.1 Å². The predicted octanol–water partition coefficient (Wildman–Crippen LogP) is 1.52. The fourth-order valence-corrected chi connectivity index (χ4v) is 3.78. The molecule has 1 saturated heterocycles. The van der Waals surface area contributed by atoms with E-state index in [1.54, 1.807) is 6.92 Å². The van der Waals surface area contributed by atoms with Crippen molar-refractivity contribution in [1.82, 2.24) is 20.1 Å². The summed E-state index contributed by atoms with van der Waals surface area (Å²) in [5.74, 6) is 1.26. The molecule has 2 heterocycles. The number of carbonyl (C=O) groups excluding carboxylic acids is 2. The van der Waals surface area contributed by atoms with Crippen molar-refractivity contribution < 1.29 is 9.59 Å². The average molecular weight is 352 g/mol. The van der Waals surface area contributed by atoms with Crippen LogP contribution in [0, 0.1) is 5.92 Å². The van der Waals surface area contributed by atoms with Gasteiger partial charge in [-0.1, -0.05) is 18.7 Å². The van der Waals surface area contributed by atoms with Gasteiger partial charge in [0.1, 0.15) is 0 Å². The van der Waals surface area contributed by atoms with Crippen molar-refractivity contribution in [2.75, 3.05) is 18.0 Å². The molecule has 0 spiro atoms. The molecule has 2 fully saturated rings. The molecular formula is C15H24N6O2S. The second-order valence-corrected chi connectivity index (χ2v) is 7.97. The van der Waals surface area contributed by atoms with Gasteiger partial charge in [-0.25, -0.2) is 4.79 Å². The molecule has 0 unspecified atom stereocenters. The number of piperidine rings is 1. The van der Waals surface area contributed by atoms with Gasteiger partial charge in [-0.3, -0.25) is 14.7 Å². The number of hydrogen-bond acceptors (Lipinski definition) is 6. The topological polar surface area (TPSA) is 106 Å². The van der Waals surface area contributed by atoms with Crippen LogP contribution in [-0.4, -0.2) is 45.0 Å². The maximum Gasteiger partial charge on any atom is 0.318 e. The van der Waals surface area contributed by atoms with Gasteiger partial charge >= 0.3 is 6.03 Å². The molecule has 1 aromatic heterocycles. The van der Waals surface area contributed by atoms with Crippen LogP contribution in [0.4, 0.5) is 10.7 Å². The summed E-state index contributed by atoms with van der Waals surface area (Å²) in [6.07, 6.45) is 4.56.